The molecule has 0 aliphatic rings. The lowest BCUT2D eigenvalue weighted by Crippen LogP contribution is -2.26. The molecule has 0 fully saturated rings. The Hall–Kier alpha value is -5.12. The molecular formula is C30H23F3N6O. The van der Waals surface area contributed by atoms with Crippen molar-refractivity contribution >= 4 is 23.2 Å². The van der Waals surface area contributed by atoms with Gasteiger partial charge in [-0.25, -0.2) is 9.97 Å². The van der Waals surface area contributed by atoms with E-state index in [-0.39, 0.29) is 16.8 Å². The average molecular weight is 541 g/mol. The number of hydrogen-bond acceptors (Lipinski definition) is 6. The minimum Gasteiger partial charge on any atom is -0.324 e. The van der Waals surface area contributed by atoms with Gasteiger partial charge in [-0.3, -0.25) is 14.8 Å². The zero-order valence-corrected chi connectivity index (χ0v) is 21.5. The van der Waals surface area contributed by atoms with Gasteiger partial charge in [0.15, 0.2) is 0 Å². The van der Waals surface area contributed by atoms with Crippen molar-refractivity contribution in [2.75, 3.05) is 17.3 Å². The number of benzene rings is 2. The molecule has 7 nitrogen and oxygen atoms in total. The number of pyridine rings is 2. The minimum atomic E-state index is -4.63. The Morgan fingerprint density at radius 2 is 1.60 bits per heavy atom. The summed E-state index contributed by atoms with van der Waals surface area (Å²) in [7, 11) is 1.44. The van der Waals surface area contributed by atoms with Crippen molar-refractivity contribution in [3.63, 3.8) is 0 Å². The number of amides is 1. The van der Waals surface area contributed by atoms with Crippen molar-refractivity contribution in [2.45, 2.75) is 13.1 Å². The fourth-order valence-corrected chi connectivity index (χ4v) is 4.16. The van der Waals surface area contributed by atoms with Crippen LogP contribution in [-0.4, -0.2) is 32.9 Å². The molecule has 40 heavy (non-hydrogen) atoms. The maximum absolute atomic E-state index is 14.0. The predicted octanol–water partition coefficient (Wildman–Crippen LogP) is 6.95. The van der Waals surface area contributed by atoms with E-state index < -0.39 is 17.6 Å². The fourth-order valence-electron chi connectivity index (χ4n) is 4.16. The van der Waals surface area contributed by atoms with Crippen LogP contribution < -0.4 is 10.2 Å². The first-order valence-electron chi connectivity index (χ1n) is 12.2. The Morgan fingerprint density at radius 1 is 0.875 bits per heavy atom. The van der Waals surface area contributed by atoms with Gasteiger partial charge >= 0.3 is 6.18 Å². The van der Waals surface area contributed by atoms with Crippen molar-refractivity contribution < 1.29 is 18.0 Å². The molecule has 0 spiro atoms. The molecule has 2 aromatic carbocycles. The highest BCUT2D eigenvalue weighted by Crippen LogP contribution is 2.39. The maximum atomic E-state index is 14.0. The highest BCUT2D eigenvalue weighted by atomic mass is 19.4. The minimum absolute atomic E-state index is 0.0134. The highest BCUT2D eigenvalue weighted by molar-refractivity contribution is 6.06. The van der Waals surface area contributed by atoms with E-state index in [1.54, 1.807) is 55.0 Å². The number of aryl methyl sites for hydroxylation is 1. The molecule has 0 saturated carbocycles. The van der Waals surface area contributed by atoms with E-state index in [2.05, 4.69) is 25.3 Å². The number of anilines is 3. The number of carbonyl (C=O) groups is 1. The molecule has 5 aromatic rings. The van der Waals surface area contributed by atoms with Crippen LogP contribution >= 0.6 is 0 Å². The molecule has 0 saturated heterocycles. The first-order valence-corrected chi connectivity index (χ1v) is 12.2. The molecular weight excluding hydrogens is 517 g/mol. The quantitative estimate of drug-likeness (QED) is 0.251. The van der Waals surface area contributed by atoms with E-state index in [1.165, 1.54) is 36.5 Å². The highest BCUT2D eigenvalue weighted by Gasteiger charge is 2.34. The van der Waals surface area contributed by atoms with Gasteiger partial charge in [0.1, 0.15) is 0 Å². The Morgan fingerprint density at radius 3 is 2.27 bits per heavy atom. The summed E-state index contributed by atoms with van der Waals surface area (Å²) in [6.45, 7) is 1.86. The van der Waals surface area contributed by atoms with Crippen molar-refractivity contribution in [3.8, 4) is 22.4 Å². The third-order valence-electron chi connectivity index (χ3n) is 6.32. The van der Waals surface area contributed by atoms with Gasteiger partial charge in [0, 0.05) is 66.1 Å². The van der Waals surface area contributed by atoms with Gasteiger partial charge in [-0.05, 0) is 66.6 Å². The summed E-state index contributed by atoms with van der Waals surface area (Å²) in [4.78, 5) is 31.4. The van der Waals surface area contributed by atoms with Crippen molar-refractivity contribution in [3.05, 3.63) is 114 Å². The second-order valence-corrected chi connectivity index (χ2v) is 9.00. The molecule has 0 bridgehead atoms. The number of carbonyl (C=O) groups excluding carboxylic acids is 1. The van der Waals surface area contributed by atoms with Gasteiger partial charge in [-0.15, -0.1) is 0 Å². The molecule has 200 valence electrons. The van der Waals surface area contributed by atoms with Crippen molar-refractivity contribution in [2.24, 2.45) is 0 Å². The summed E-state index contributed by atoms with van der Waals surface area (Å²) in [5.41, 5.74) is 2.76. The van der Waals surface area contributed by atoms with E-state index in [0.717, 1.165) is 17.2 Å². The number of rotatable bonds is 6. The van der Waals surface area contributed by atoms with Crippen LogP contribution in [0.1, 0.15) is 21.5 Å². The molecule has 0 aliphatic heterocycles. The standard InChI is InChI=1S/C30H23F3N6O/c1-19-7-8-20(15-27(19)38-29-36-14-11-26(37-29)22-6-4-13-35-18-22)28(40)39(2)23-9-10-24(21-5-3-12-34-17-21)25(16-23)30(31,32)33/h3-18H,1-2H3,(H,36,37,38). The van der Waals surface area contributed by atoms with E-state index in [1.807, 2.05) is 19.1 Å². The Balaban J connectivity index is 1.42. The average Bonchev–Trinajstić information content (AvgIpc) is 2.98. The number of alkyl halides is 3. The van der Waals surface area contributed by atoms with Crippen LogP contribution in [0.3, 0.4) is 0 Å². The smallest absolute Gasteiger partial charge is 0.324 e. The number of hydrogen-bond donors (Lipinski definition) is 1. The van der Waals surface area contributed by atoms with Crippen LogP contribution in [0, 0.1) is 6.92 Å². The molecule has 0 aliphatic carbocycles. The zero-order valence-electron chi connectivity index (χ0n) is 21.5. The summed E-state index contributed by atoms with van der Waals surface area (Å²) >= 11 is 0. The van der Waals surface area contributed by atoms with Crippen LogP contribution in [-0.2, 0) is 6.18 Å². The van der Waals surface area contributed by atoms with E-state index in [0.29, 0.717) is 22.9 Å². The molecule has 10 heteroatoms. The number of aromatic nitrogens is 4. The van der Waals surface area contributed by atoms with E-state index in [9.17, 15) is 18.0 Å². The van der Waals surface area contributed by atoms with Gasteiger partial charge in [0.2, 0.25) is 5.95 Å². The van der Waals surface area contributed by atoms with Gasteiger partial charge in [-0.1, -0.05) is 18.2 Å². The first kappa shape index (κ1) is 26.5. The number of halogens is 3. The van der Waals surface area contributed by atoms with E-state index in [4.69, 9.17) is 0 Å². The third-order valence-corrected chi connectivity index (χ3v) is 6.32. The molecule has 0 atom stereocenters. The van der Waals surface area contributed by atoms with Gasteiger partial charge in [0.05, 0.1) is 11.3 Å². The summed E-state index contributed by atoms with van der Waals surface area (Å²) in [6.07, 6.45) is 3.22. The van der Waals surface area contributed by atoms with Gasteiger partial charge < -0.3 is 10.2 Å². The normalized spacial score (nSPS) is 11.2. The molecule has 3 heterocycles. The topological polar surface area (TPSA) is 83.9 Å². The van der Waals surface area contributed by atoms with Crippen molar-refractivity contribution in [1.29, 1.82) is 0 Å². The van der Waals surface area contributed by atoms with Crippen molar-refractivity contribution in [1.82, 2.24) is 19.9 Å². The molecule has 5 rings (SSSR count). The summed E-state index contributed by atoms with van der Waals surface area (Å²) < 4.78 is 42.0. The third kappa shape index (κ3) is 5.65. The Kier molecular flexibility index (Phi) is 7.24. The first-order chi connectivity index (χ1) is 19.2. The van der Waals surface area contributed by atoms with Gasteiger partial charge in [0.25, 0.3) is 5.91 Å². The monoisotopic (exact) mass is 540 g/mol. The van der Waals surface area contributed by atoms with Crippen LogP contribution in [0.2, 0.25) is 0 Å². The van der Waals surface area contributed by atoms with Crippen LogP contribution in [0.4, 0.5) is 30.5 Å². The lowest BCUT2D eigenvalue weighted by Gasteiger charge is -2.21. The Bertz CT molecular complexity index is 1660. The molecule has 1 amide bonds. The van der Waals surface area contributed by atoms with Crippen LogP contribution in [0.5, 0.6) is 0 Å². The number of nitrogens with one attached hydrogen (secondary N) is 1. The summed E-state index contributed by atoms with van der Waals surface area (Å²) in [5.74, 6) is -0.154. The predicted molar refractivity (Wildman–Crippen MR) is 147 cm³/mol. The summed E-state index contributed by atoms with van der Waals surface area (Å²) in [5, 5.41) is 3.14. The molecule has 3 aromatic heterocycles. The zero-order chi connectivity index (χ0) is 28.3. The van der Waals surface area contributed by atoms with Crippen LogP contribution in [0.15, 0.2) is 97.7 Å². The summed E-state index contributed by atoms with van der Waals surface area (Å²) in [6, 6.07) is 17.4. The maximum Gasteiger partial charge on any atom is 0.417 e. The second-order valence-electron chi connectivity index (χ2n) is 9.00. The van der Waals surface area contributed by atoms with E-state index >= 15 is 0 Å². The SMILES string of the molecule is Cc1ccc(C(=O)N(C)c2ccc(-c3cccnc3)c(C(F)(F)F)c2)cc1Nc1nccc(-c2cccnc2)n1. The molecule has 0 radical (unpaired) electrons. The second kappa shape index (κ2) is 10.9. The number of nitrogens with zero attached hydrogens (tertiary/aromatic N) is 5. The fraction of sp³-hybridized carbons (Fsp3) is 0.100. The lowest BCUT2D eigenvalue weighted by atomic mass is 9.99. The Labute approximate surface area is 228 Å². The van der Waals surface area contributed by atoms with Crippen LogP contribution in [0.25, 0.3) is 22.4 Å². The molecule has 1 N–H and O–H groups in total. The lowest BCUT2D eigenvalue weighted by molar-refractivity contribution is -0.137. The largest absolute Gasteiger partial charge is 0.417 e. The van der Waals surface area contributed by atoms with Gasteiger partial charge in [-0.2, -0.15) is 13.2 Å². The molecule has 0 unspecified atom stereocenters.